The van der Waals surface area contributed by atoms with E-state index in [9.17, 15) is 5.11 Å². The van der Waals surface area contributed by atoms with E-state index < -0.39 is 6.10 Å². The molecule has 18 heavy (non-hydrogen) atoms. The average molecular weight is 265 g/mol. The van der Waals surface area contributed by atoms with Crippen molar-refractivity contribution in [3.63, 3.8) is 0 Å². The summed E-state index contributed by atoms with van der Waals surface area (Å²) in [4.78, 5) is 4.55. The second-order valence-electron chi connectivity index (χ2n) is 4.52. The molecular formula is C13H15NO3S. The number of aliphatic imine (C=N–C) groups is 1. The highest BCUT2D eigenvalue weighted by Crippen LogP contribution is 2.37. The van der Waals surface area contributed by atoms with Crippen LogP contribution in [0.3, 0.4) is 0 Å². The molecule has 0 aliphatic carbocycles. The fourth-order valence-corrected chi connectivity index (χ4v) is 3.55. The van der Waals surface area contributed by atoms with Crippen LogP contribution in [-0.4, -0.2) is 45.5 Å². The van der Waals surface area contributed by atoms with Crippen LogP contribution in [0.1, 0.15) is 12.0 Å². The maximum atomic E-state index is 10.0. The first-order valence-corrected chi connectivity index (χ1v) is 6.90. The van der Waals surface area contributed by atoms with E-state index in [0.717, 1.165) is 10.6 Å². The molecule has 1 aromatic carbocycles. The third-order valence-electron chi connectivity index (χ3n) is 3.22. The fourth-order valence-electron chi connectivity index (χ4n) is 2.28. The van der Waals surface area contributed by atoms with Crippen LogP contribution in [0, 0.1) is 0 Å². The minimum atomic E-state index is -0.533. The summed E-state index contributed by atoms with van der Waals surface area (Å²) in [6.07, 6.45) is -0.363. The van der Waals surface area contributed by atoms with Gasteiger partial charge in [-0.1, -0.05) is 42.1 Å². The number of hydrogen-bond donors (Lipinski definition) is 2. The number of thioether (sulfide) groups is 1. The Balaban J connectivity index is 1.80. The summed E-state index contributed by atoms with van der Waals surface area (Å²) < 4.78 is 5.72. The topological polar surface area (TPSA) is 62.0 Å². The van der Waals surface area contributed by atoms with Gasteiger partial charge in [-0.15, -0.1) is 0 Å². The molecule has 0 bridgehead atoms. The van der Waals surface area contributed by atoms with Gasteiger partial charge >= 0.3 is 0 Å². The van der Waals surface area contributed by atoms with Crippen molar-refractivity contribution in [2.75, 3.05) is 6.61 Å². The Labute approximate surface area is 110 Å². The SMILES string of the molecule is OCC1CC(O)C2N=C(c3ccccc3)SC2O1. The van der Waals surface area contributed by atoms with Crippen molar-refractivity contribution in [3.05, 3.63) is 35.9 Å². The number of aliphatic hydroxyl groups is 2. The van der Waals surface area contributed by atoms with Crippen molar-refractivity contribution in [1.82, 2.24) is 0 Å². The van der Waals surface area contributed by atoms with E-state index in [0.29, 0.717) is 6.42 Å². The van der Waals surface area contributed by atoms with Crippen molar-refractivity contribution in [2.45, 2.75) is 30.1 Å². The zero-order chi connectivity index (χ0) is 12.5. The van der Waals surface area contributed by atoms with Gasteiger partial charge < -0.3 is 14.9 Å². The van der Waals surface area contributed by atoms with Crippen LogP contribution in [0.4, 0.5) is 0 Å². The number of aliphatic hydroxyl groups excluding tert-OH is 2. The molecule has 0 radical (unpaired) electrons. The number of rotatable bonds is 2. The number of nitrogens with zero attached hydrogens (tertiary/aromatic N) is 1. The molecule has 0 aromatic heterocycles. The van der Waals surface area contributed by atoms with Crippen LogP contribution >= 0.6 is 11.8 Å². The summed E-state index contributed by atoms with van der Waals surface area (Å²) in [5.74, 6) is 0. The Morgan fingerprint density at radius 1 is 1.33 bits per heavy atom. The Bertz CT molecular complexity index is 451. The third-order valence-corrected chi connectivity index (χ3v) is 4.41. The Hall–Kier alpha value is -0.880. The molecule has 2 aliphatic heterocycles. The van der Waals surface area contributed by atoms with Gasteiger partial charge in [-0.3, -0.25) is 4.99 Å². The largest absolute Gasteiger partial charge is 0.394 e. The summed E-state index contributed by atoms with van der Waals surface area (Å²) in [6.45, 7) is -0.0541. The molecule has 2 aliphatic rings. The maximum Gasteiger partial charge on any atom is 0.134 e. The molecule has 1 aromatic rings. The third kappa shape index (κ3) is 2.19. The van der Waals surface area contributed by atoms with Crippen molar-refractivity contribution < 1.29 is 14.9 Å². The standard InChI is InChI=1S/C13H15NO3S/c15-7-9-6-10(16)11-13(17-9)18-12(14-11)8-4-2-1-3-5-8/h1-5,9-11,13,15-16H,6-7H2. The molecule has 5 heteroatoms. The molecule has 2 N–H and O–H groups in total. The molecule has 3 rings (SSSR count). The first-order valence-electron chi connectivity index (χ1n) is 6.02. The molecule has 0 spiro atoms. The summed E-state index contributed by atoms with van der Waals surface area (Å²) in [7, 11) is 0. The van der Waals surface area contributed by atoms with E-state index in [1.54, 1.807) is 0 Å². The average Bonchev–Trinajstić information content (AvgIpc) is 2.84. The highest BCUT2D eigenvalue weighted by molar-refractivity contribution is 8.15. The Morgan fingerprint density at radius 3 is 2.83 bits per heavy atom. The smallest absolute Gasteiger partial charge is 0.134 e. The van der Waals surface area contributed by atoms with Crippen LogP contribution < -0.4 is 0 Å². The summed E-state index contributed by atoms with van der Waals surface area (Å²) in [5, 5.41) is 20.1. The Morgan fingerprint density at radius 2 is 2.11 bits per heavy atom. The highest BCUT2D eigenvalue weighted by atomic mass is 32.2. The zero-order valence-electron chi connectivity index (χ0n) is 9.77. The van der Waals surface area contributed by atoms with Crippen molar-refractivity contribution in [1.29, 1.82) is 0 Å². The Kier molecular flexibility index (Phi) is 3.39. The minimum Gasteiger partial charge on any atom is -0.394 e. The number of hydrogen-bond acceptors (Lipinski definition) is 5. The van der Waals surface area contributed by atoms with Gasteiger partial charge in [-0.2, -0.15) is 0 Å². The van der Waals surface area contributed by atoms with Gasteiger partial charge in [0.15, 0.2) is 0 Å². The highest BCUT2D eigenvalue weighted by Gasteiger charge is 2.42. The van der Waals surface area contributed by atoms with Gasteiger partial charge in [0.25, 0.3) is 0 Å². The molecule has 1 fully saturated rings. The van der Waals surface area contributed by atoms with Gasteiger partial charge in [-0.25, -0.2) is 0 Å². The predicted octanol–water partition coefficient (Wildman–Crippen LogP) is 1.02. The molecule has 4 atom stereocenters. The molecule has 4 unspecified atom stereocenters. The first kappa shape index (κ1) is 12.2. The maximum absolute atomic E-state index is 10.0. The van der Waals surface area contributed by atoms with Crippen molar-refractivity contribution in [2.24, 2.45) is 4.99 Å². The monoisotopic (exact) mass is 265 g/mol. The van der Waals surface area contributed by atoms with E-state index >= 15 is 0 Å². The number of fused-ring (bicyclic) bond motifs is 1. The van der Waals surface area contributed by atoms with Crippen LogP contribution in [0.5, 0.6) is 0 Å². The zero-order valence-corrected chi connectivity index (χ0v) is 10.6. The van der Waals surface area contributed by atoms with E-state index in [2.05, 4.69) is 4.99 Å². The molecule has 0 amide bonds. The van der Waals surface area contributed by atoms with Gasteiger partial charge in [0, 0.05) is 12.0 Å². The lowest BCUT2D eigenvalue weighted by Crippen LogP contribution is -2.45. The van der Waals surface area contributed by atoms with Gasteiger partial charge in [0.05, 0.1) is 18.8 Å². The van der Waals surface area contributed by atoms with Gasteiger partial charge in [0.1, 0.15) is 16.5 Å². The van der Waals surface area contributed by atoms with Crippen molar-refractivity contribution in [3.8, 4) is 0 Å². The lowest BCUT2D eigenvalue weighted by atomic mass is 10.0. The summed E-state index contributed by atoms with van der Waals surface area (Å²) >= 11 is 1.53. The van der Waals surface area contributed by atoms with Gasteiger partial charge in [0.2, 0.25) is 0 Å². The minimum absolute atomic E-state index is 0.0541. The number of ether oxygens (including phenoxy) is 1. The summed E-state index contributed by atoms with van der Waals surface area (Å²) in [6, 6.07) is 9.68. The molecule has 1 saturated heterocycles. The van der Waals surface area contributed by atoms with E-state index in [1.165, 1.54) is 11.8 Å². The lowest BCUT2D eigenvalue weighted by Gasteiger charge is -2.33. The van der Waals surface area contributed by atoms with Crippen LogP contribution in [-0.2, 0) is 4.74 Å². The van der Waals surface area contributed by atoms with Crippen LogP contribution in [0.15, 0.2) is 35.3 Å². The lowest BCUT2D eigenvalue weighted by molar-refractivity contribution is -0.0875. The first-order chi connectivity index (χ1) is 8.78. The van der Waals surface area contributed by atoms with E-state index in [4.69, 9.17) is 9.84 Å². The molecule has 96 valence electrons. The second kappa shape index (κ2) is 5.01. The van der Waals surface area contributed by atoms with Crippen LogP contribution in [0.25, 0.3) is 0 Å². The second-order valence-corrected chi connectivity index (χ2v) is 5.61. The molecule has 4 nitrogen and oxygen atoms in total. The van der Waals surface area contributed by atoms with Crippen LogP contribution in [0.2, 0.25) is 0 Å². The summed E-state index contributed by atoms with van der Waals surface area (Å²) in [5.41, 5.74) is 0.870. The molecule has 0 saturated carbocycles. The molecule has 2 heterocycles. The quantitative estimate of drug-likeness (QED) is 0.838. The molecular weight excluding hydrogens is 250 g/mol. The van der Waals surface area contributed by atoms with Crippen molar-refractivity contribution >= 4 is 16.8 Å². The van der Waals surface area contributed by atoms with E-state index in [1.807, 2.05) is 30.3 Å². The van der Waals surface area contributed by atoms with Gasteiger partial charge in [-0.05, 0) is 0 Å². The predicted molar refractivity (Wildman–Crippen MR) is 70.7 cm³/mol. The fraction of sp³-hybridized carbons (Fsp3) is 0.462. The number of benzene rings is 1. The van der Waals surface area contributed by atoms with E-state index in [-0.39, 0.29) is 24.2 Å². The normalized spacial score (nSPS) is 35.1.